The average Bonchev–Trinajstić information content (AvgIpc) is 3.12. The lowest BCUT2D eigenvalue weighted by molar-refractivity contribution is 0.0771. The number of fused-ring (bicyclic) bond motifs is 5. The molecule has 3 heterocycles. The molecule has 4 heteroatoms. The second-order valence-corrected chi connectivity index (χ2v) is 6.21. The molecular formula is C15H18N2OS. The Hall–Kier alpha value is -1.13. The van der Waals surface area contributed by atoms with Gasteiger partial charge in [0.25, 0.3) is 0 Å². The van der Waals surface area contributed by atoms with Gasteiger partial charge in [-0.25, -0.2) is 0 Å². The Bertz CT molecular complexity index is 474. The minimum absolute atomic E-state index is 0.500. The van der Waals surface area contributed by atoms with Crippen LogP contribution in [0.15, 0.2) is 30.3 Å². The summed E-state index contributed by atoms with van der Waals surface area (Å²) in [4.78, 5) is 2.32. The summed E-state index contributed by atoms with van der Waals surface area (Å²) in [6.45, 7) is 2.12. The molecule has 0 radical (unpaired) electrons. The highest BCUT2D eigenvalue weighted by atomic mass is 32.1. The molecule has 1 aromatic carbocycles. The van der Waals surface area contributed by atoms with E-state index in [1.807, 2.05) is 18.2 Å². The van der Waals surface area contributed by atoms with Gasteiger partial charge in [-0.1, -0.05) is 18.2 Å². The van der Waals surface area contributed by atoms with Crippen molar-refractivity contribution in [1.29, 1.82) is 0 Å². The summed E-state index contributed by atoms with van der Waals surface area (Å²) in [6, 6.07) is 10.2. The number of hydrogen-bond acceptors (Lipinski definition) is 2. The lowest BCUT2D eigenvalue weighted by atomic mass is 9.82. The average molecular weight is 274 g/mol. The molecular weight excluding hydrogens is 256 g/mol. The van der Waals surface area contributed by atoms with Crippen molar-refractivity contribution in [3.63, 3.8) is 0 Å². The number of anilines is 1. The number of benzene rings is 1. The molecule has 3 aliphatic heterocycles. The summed E-state index contributed by atoms with van der Waals surface area (Å²) < 4.78 is 6.00. The first-order chi connectivity index (χ1) is 9.31. The first-order valence-electron chi connectivity index (χ1n) is 7.08. The maximum absolute atomic E-state index is 6.00. The maximum Gasteiger partial charge on any atom is 0.173 e. The molecule has 0 spiro atoms. The van der Waals surface area contributed by atoms with Crippen molar-refractivity contribution in [2.75, 3.05) is 18.4 Å². The van der Waals surface area contributed by atoms with Crippen molar-refractivity contribution in [1.82, 2.24) is 4.90 Å². The van der Waals surface area contributed by atoms with Crippen LogP contribution in [0.2, 0.25) is 0 Å². The van der Waals surface area contributed by atoms with E-state index in [1.165, 1.54) is 12.8 Å². The van der Waals surface area contributed by atoms with Gasteiger partial charge in [-0.05, 0) is 37.2 Å². The van der Waals surface area contributed by atoms with Gasteiger partial charge in [-0.2, -0.15) is 0 Å². The van der Waals surface area contributed by atoms with Crippen LogP contribution in [-0.4, -0.2) is 35.3 Å². The van der Waals surface area contributed by atoms with E-state index < -0.39 is 0 Å². The van der Waals surface area contributed by atoms with Gasteiger partial charge in [0.2, 0.25) is 0 Å². The van der Waals surface area contributed by atoms with E-state index >= 15 is 0 Å². The number of hydrogen-bond donors (Lipinski definition) is 1. The molecule has 0 aliphatic carbocycles. The molecule has 19 heavy (non-hydrogen) atoms. The predicted octanol–water partition coefficient (Wildman–Crippen LogP) is 2.49. The van der Waals surface area contributed by atoms with Crippen LogP contribution in [0.5, 0.6) is 0 Å². The molecule has 0 aromatic heterocycles. The molecule has 100 valence electrons. The third-order valence-corrected chi connectivity index (χ3v) is 5.13. The van der Waals surface area contributed by atoms with Gasteiger partial charge in [0.1, 0.15) is 0 Å². The SMILES string of the molecule is S=C(Nc1ccccc1)N1C[C@@H]2[C@@H](C1)[C@H]1CC[C@@H]2O1. The lowest BCUT2D eigenvalue weighted by Gasteiger charge is -2.22. The number of thiocarbonyl (C=S) groups is 1. The van der Waals surface area contributed by atoms with Crippen LogP contribution in [0, 0.1) is 11.8 Å². The minimum atomic E-state index is 0.500. The molecule has 4 rings (SSSR count). The van der Waals surface area contributed by atoms with Crippen molar-refractivity contribution in [3.8, 4) is 0 Å². The molecule has 4 atom stereocenters. The van der Waals surface area contributed by atoms with Gasteiger partial charge in [-0.15, -0.1) is 0 Å². The molecule has 0 unspecified atom stereocenters. The van der Waals surface area contributed by atoms with Gasteiger partial charge in [0.15, 0.2) is 5.11 Å². The van der Waals surface area contributed by atoms with E-state index in [2.05, 4.69) is 22.3 Å². The third kappa shape index (κ3) is 1.94. The Labute approximate surface area is 118 Å². The largest absolute Gasteiger partial charge is 0.374 e. The topological polar surface area (TPSA) is 24.5 Å². The molecule has 2 bridgehead atoms. The standard InChI is InChI=1S/C15H18N2OS/c19-15(16-10-4-2-1-3-5-10)17-8-11-12(9-17)14-7-6-13(11)18-14/h1-5,11-14H,6-9H2,(H,16,19)/t11-,12-,13-,14+/m1/s1. The fourth-order valence-corrected chi connectivity index (χ4v) is 4.12. The highest BCUT2D eigenvalue weighted by molar-refractivity contribution is 7.80. The Balaban J connectivity index is 1.43. The van der Waals surface area contributed by atoms with Gasteiger partial charge in [-0.3, -0.25) is 0 Å². The zero-order valence-corrected chi connectivity index (χ0v) is 11.6. The third-order valence-electron chi connectivity index (χ3n) is 4.76. The number of likely N-dealkylation sites (tertiary alicyclic amines) is 1. The summed E-state index contributed by atoms with van der Waals surface area (Å²) in [5.41, 5.74) is 1.07. The van der Waals surface area contributed by atoms with E-state index in [-0.39, 0.29) is 0 Å². The Kier molecular flexibility index (Phi) is 2.74. The number of rotatable bonds is 1. The second kappa shape index (κ2) is 4.46. The van der Waals surface area contributed by atoms with Crippen LogP contribution < -0.4 is 5.32 Å². The van der Waals surface area contributed by atoms with Gasteiger partial charge in [0, 0.05) is 30.6 Å². The van der Waals surface area contributed by atoms with E-state index in [1.54, 1.807) is 0 Å². The zero-order valence-electron chi connectivity index (χ0n) is 10.8. The predicted molar refractivity (Wildman–Crippen MR) is 79.1 cm³/mol. The molecule has 1 N–H and O–H groups in total. The molecule has 3 nitrogen and oxygen atoms in total. The van der Waals surface area contributed by atoms with Crippen molar-refractivity contribution < 1.29 is 4.74 Å². The first kappa shape index (κ1) is 11.7. The summed E-state index contributed by atoms with van der Waals surface area (Å²) in [6.07, 6.45) is 3.50. The Morgan fingerprint density at radius 3 is 2.37 bits per heavy atom. The van der Waals surface area contributed by atoms with Crippen LogP contribution in [0.4, 0.5) is 5.69 Å². The minimum Gasteiger partial charge on any atom is -0.374 e. The fraction of sp³-hybridized carbons (Fsp3) is 0.533. The quantitative estimate of drug-likeness (QED) is 0.795. The number of nitrogens with zero attached hydrogens (tertiary/aromatic N) is 1. The van der Waals surface area contributed by atoms with E-state index in [0.717, 1.165) is 23.9 Å². The summed E-state index contributed by atoms with van der Waals surface area (Å²) in [5, 5.41) is 4.20. The monoisotopic (exact) mass is 274 g/mol. The summed E-state index contributed by atoms with van der Waals surface area (Å²) >= 11 is 5.55. The maximum atomic E-state index is 6.00. The molecule has 0 amide bonds. The highest BCUT2D eigenvalue weighted by Crippen LogP contribution is 2.47. The number of ether oxygens (including phenoxy) is 1. The molecule has 3 fully saturated rings. The van der Waals surface area contributed by atoms with Crippen molar-refractivity contribution in [3.05, 3.63) is 30.3 Å². The van der Waals surface area contributed by atoms with Crippen molar-refractivity contribution in [2.45, 2.75) is 25.0 Å². The van der Waals surface area contributed by atoms with E-state index in [9.17, 15) is 0 Å². The van der Waals surface area contributed by atoms with E-state index in [0.29, 0.717) is 24.0 Å². The normalized spacial score (nSPS) is 35.5. The highest BCUT2D eigenvalue weighted by Gasteiger charge is 2.53. The van der Waals surface area contributed by atoms with Crippen molar-refractivity contribution >= 4 is 23.0 Å². The Morgan fingerprint density at radius 1 is 1.11 bits per heavy atom. The number of para-hydroxylation sites is 1. The number of nitrogens with one attached hydrogen (secondary N) is 1. The summed E-state index contributed by atoms with van der Waals surface area (Å²) in [5.74, 6) is 1.41. The lowest BCUT2D eigenvalue weighted by Crippen LogP contribution is -2.34. The Morgan fingerprint density at radius 2 is 1.74 bits per heavy atom. The first-order valence-corrected chi connectivity index (χ1v) is 7.48. The van der Waals surface area contributed by atoms with Gasteiger partial charge in [0.05, 0.1) is 12.2 Å². The molecule has 3 aliphatic rings. The van der Waals surface area contributed by atoms with Crippen LogP contribution >= 0.6 is 12.2 Å². The zero-order chi connectivity index (χ0) is 12.8. The molecule has 0 saturated carbocycles. The van der Waals surface area contributed by atoms with Crippen LogP contribution in [0.25, 0.3) is 0 Å². The molecule has 1 aromatic rings. The fourth-order valence-electron chi connectivity index (χ4n) is 3.85. The van der Waals surface area contributed by atoms with Crippen molar-refractivity contribution in [2.24, 2.45) is 11.8 Å². The van der Waals surface area contributed by atoms with Crippen LogP contribution in [0.1, 0.15) is 12.8 Å². The van der Waals surface area contributed by atoms with Gasteiger partial charge >= 0.3 is 0 Å². The smallest absolute Gasteiger partial charge is 0.173 e. The summed E-state index contributed by atoms with van der Waals surface area (Å²) in [7, 11) is 0. The van der Waals surface area contributed by atoms with E-state index in [4.69, 9.17) is 17.0 Å². The van der Waals surface area contributed by atoms with Crippen LogP contribution in [0.3, 0.4) is 0 Å². The van der Waals surface area contributed by atoms with Gasteiger partial charge < -0.3 is 15.0 Å². The molecule has 3 saturated heterocycles. The van der Waals surface area contributed by atoms with Crippen LogP contribution in [-0.2, 0) is 4.74 Å². The second-order valence-electron chi connectivity index (χ2n) is 5.82.